The standard InChI is InChI=1S/C11H22N2O.C2H2O4/c1-3-12-11(13-4-2)14-10-8-6-5-7-9-10;3-1(4)2(5)6/h10H,3-9H2,1-2H3,(H,12,13);(H,3,4)(H,5,6). The molecule has 0 bridgehead atoms. The maximum atomic E-state index is 9.04. The number of nitrogens with one attached hydrogen (secondary N) is 2. The SMILES string of the molecule is CCNC(=[NH+]CC)OC1CCCCC1.O=C([O-])C(=O)O. The van der Waals surface area contributed by atoms with Crippen LogP contribution >= 0.6 is 0 Å². The molecule has 116 valence electrons. The molecule has 1 rings (SSSR count). The van der Waals surface area contributed by atoms with Crippen LogP contribution in [0.2, 0.25) is 0 Å². The molecule has 0 atom stereocenters. The Balaban J connectivity index is 0.000000511. The van der Waals surface area contributed by atoms with Gasteiger partial charge in [-0.2, -0.15) is 0 Å². The van der Waals surface area contributed by atoms with E-state index in [9.17, 15) is 0 Å². The van der Waals surface area contributed by atoms with Crippen LogP contribution in [-0.4, -0.2) is 42.3 Å². The smallest absolute Gasteiger partial charge is 0.442 e. The van der Waals surface area contributed by atoms with Crippen molar-refractivity contribution < 1.29 is 29.5 Å². The lowest BCUT2D eigenvalue weighted by atomic mass is 9.98. The number of hydrogen-bond donors (Lipinski definition) is 3. The van der Waals surface area contributed by atoms with Gasteiger partial charge in [0, 0.05) is 0 Å². The molecule has 20 heavy (non-hydrogen) atoms. The molecule has 0 heterocycles. The second kappa shape index (κ2) is 11.1. The fourth-order valence-corrected chi connectivity index (χ4v) is 1.82. The number of amidine groups is 1. The average molecular weight is 288 g/mol. The molecule has 0 aromatic rings. The molecule has 7 nitrogen and oxygen atoms in total. The van der Waals surface area contributed by atoms with Crippen LogP contribution in [-0.2, 0) is 14.3 Å². The summed E-state index contributed by atoms with van der Waals surface area (Å²) in [7, 11) is 0. The van der Waals surface area contributed by atoms with E-state index in [2.05, 4.69) is 24.2 Å². The number of carbonyl (C=O) groups is 2. The Kier molecular flexibility index (Phi) is 10.1. The lowest BCUT2D eigenvalue weighted by molar-refractivity contribution is -0.467. The van der Waals surface area contributed by atoms with Gasteiger partial charge < -0.3 is 19.7 Å². The first kappa shape index (κ1) is 18.2. The zero-order valence-corrected chi connectivity index (χ0v) is 12.1. The van der Waals surface area contributed by atoms with Crippen LogP contribution < -0.4 is 15.4 Å². The van der Waals surface area contributed by atoms with Gasteiger partial charge in [0.15, 0.2) is 5.97 Å². The van der Waals surface area contributed by atoms with Crippen LogP contribution in [0, 0.1) is 0 Å². The molecule has 1 aliphatic carbocycles. The summed E-state index contributed by atoms with van der Waals surface area (Å²) in [5, 5.41) is 19.5. The summed E-state index contributed by atoms with van der Waals surface area (Å²) in [4.78, 5) is 21.2. The van der Waals surface area contributed by atoms with E-state index in [0.29, 0.717) is 6.10 Å². The zero-order valence-electron chi connectivity index (χ0n) is 12.1. The Morgan fingerprint density at radius 1 is 1.30 bits per heavy atom. The van der Waals surface area contributed by atoms with Gasteiger partial charge in [0.2, 0.25) is 0 Å². The van der Waals surface area contributed by atoms with Crippen LogP contribution in [0.4, 0.5) is 0 Å². The van der Waals surface area contributed by atoms with Crippen molar-refractivity contribution in [2.75, 3.05) is 13.1 Å². The van der Waals surface area contributed by atoms with Gasteiger partial charge in [-0.15, -0.1) is 0 Å². The van der Waals surface area contributed by atoms with Crippen molar-refractivity contribution in [2.24, 2.45) is 0 Å². The van der Waals surface area contributed by atoms with Crippen LogP contribution in [0.3, 0.4) is 0 Å². The Labute approximate surface area is 119 Å². The normalized spacial score (nSPS) is 15.8. The van der Waals surface area contributed by atoms with Crippen molar-refractivity contribution in [1.82, 2.24) is 5.32 Å². The first-order valence-corrected chi connectivity index (χ1v) is 6.96. The van der Waals surface area contributed by atoms with E-state index >= 15 is 0 Å². The molecular formula is C13H24N2O5. The lowest BCUT2D eigenvalue weighted by Crippen LogP contribution is -2.76. The van der Waals surface area contributed by atoms with E-state index in [-0.39, 0.29) is 0 Å². The fourth-order valence-electron chi connectivity index (χ4n) is 1.82. The molecule has 0 radical (unpaired) electrons. The number of hydrogen-bond acceptors (Lipinski definition) is 4. The predicted molar refractivity (Wildman–Crippen MR) is 70.8 cm³/mol. The van der Waals surface area contributed by atoms with E-state index in [4.69, 9.17) is 24.5 Å². The fraction of sp³-hybridized carbons (Fsp3) is 0.769. The molecule has 0 saturated heterocycles. The average Bonchev–Trinajstić information content (AvgIpc) is 2.41. The molecule has 0 aliphatic heterocycles. The van der Waals surface area contributed by atoms with Gasteiger partial charge in [0.05, 0.1) is 13.1 Å². The molecule has 3 N–H and O–H groups in total. The van der Waals surface area contributed by atoms with Crippen molar-refractivity contribution in [1.29, 1.82) is 0 Å². The summed E-state index contributed by atoms with van der Waals surface area (Å²) in [6.07, 6.45) is 6.85. The Morgan fingerprint density at radius 3 is 2.25 bits per heavy atom. The Morgan fingerprint density at radius 2 is 1.85 bits per heavy atom. The molecule has 0 unspecified atom stereocenters. The molecule has 1 fully saturated rings. The molecule has 1 saturated carbocycles. The Bertz CT molecular complexity index is 313. The summed E-state index contributed by atoms with van der Waals surface area (Å²) in [5.41, 5.74) is 0. The van der Waals surface area contributed by atoms with Crippen LogP contribution in [0.5, 0.6) is 0 Å². The predicted octanol–water partition coefficient (Wildman–Crippen LogP) is -1.78. The van der Waals surface area contributed by atoms with Gasteiger partial charge >= 0.3 is 12.0 Å². The number of rotatable bonds is 3. The third-order valence-electron chi connectivity index (χ3n) is 2.69. The first-order valence-electron chi connectivity index (χ1n) is 6.96. The summed E-state index contributed by atoms with van der Waals surface area (Å²) < 4.78 is 5.87. The van der Waals surface area contributed by atoms with Crippen molar-refractivity contribution in [3.8, 4) is 0 Å². The van der Waals surface area contributed by atoms with Crippen molar-refractivity contribution >= 4 is 18.0 Å². The van der Waals surface area contributed by atoms with Gasteiger partial charge in [-0.1, -0.05) is 6.42 Å². The Hall–Kier alpha value is -1.79. The second-order valence-corrected chi connectivity index (χ2v) is 4.36. The largest absolute Gasteiger partial charge is 0.539 e. The molecule has 0 amide bonds. The summed E-state index contributed by atoms with van der Waals surface area (Å²) in [6, 6.07) is 0.863. The van der Waals surface area contributed by atoms with Crippen LogP contribution in [0.15, 0.2) is 0 Å². The van der Waals surface area contributed by atoms with Crippen LogP contribution in [0.1, 0.15) is 46.0 Å². The van der Waals surface area contributed by atoms with Crippen molar-refractivity contribution in [2.45, 2.75) is 52.1 Å². The molecule has 1 aliphatic rings. The third-order valence-corrected chi connectivity index (χ3v) is 2.69. The highest BCUT2D eigenvalue weighted by Crippen LogP contribution is 2.19. The highest BCUT2D eigenvalue weighted by Gasteiger charge is 2.18. The van der Waals surface area contributed by atoms with E-state index in [1.165, 1.54) is 32.1 Å². The number of carbonyl (C=O) groups excluding carboxylic acids is 1. The topological polar surface area (TPSA) is 113 Å². The summed E-state index contributed by atoms with van der Waals surface area (Å²) >= 11 is 0. The lowest BCUT2D eigenvalue weighted by Gasteiger charge is -2.21. The van der Waals surface area contributed by atoms with Crippen LogP contribution in [0.25, 0.3) is 0 Å². The highest BCUT2D eigenvalue weighted by molar-refractivity contribution is 6.26. The van der Waals surface area contributed by atoms with E-state index in [1.54, 1.807) is 0 Å². The molecule has 0 aromatic carbocycles. The van der Waals surface area contributed by atoms with E-state index in [0.717, 1.165) is 19.1 Å². The number of carboxylic acid groups (broad SMARTS) is 2. The maximum absolute atomic E-state index is 9.04. The second-order valence-electron chi connectivity index (χ2n) is 4.36. The first-order chi connectivity index (χ1) is 9.51. The van der Waals surface area contributed by atoms with Gasteiger partial charge in [-0.25, -0.2) is 15.1 Å². The van der Waals surface area contributed by atoms with Gasteiger partial charge in [0.25, 0.3) is 0 Å². The highest BCUT2D eigenvalue weighted by atomic mass is 16.5. The summed E-state index contributed by atoms with van der Waals surface area (Å²) in [6.45, 7) is 5.99. The minimum Gasteiger partial charge on any atom is -0.539 e. The minimum absolute atomic E-state index is 0.428. The van der Waals surface area contributed by atoms with Gasteiger partial charge in [-0.05, 0) is 39.5 Å². The van der Waals surface area contributed by atoms with Gasteiger partial charge in [-0.3, -0.25) is 0 Å². The number of ether oxygens (including phenoxy) is 1. The molecular weight excluding hydrogens is 264 g/mol. The minimum atomic E-state index is -2.07. The third kappa shape index (κ3) is 9.18. The quantitative estimate of drug-likeness (QED) is 0.322. The zero-order chi connectivity index (χ0) is 15.4. The monoisotopic (exact) mass is 288 g/mol. The van der Waals surface area contributed by atoms with E-state index in [1.807, 2.05) is 0 Å². The molecule has 0 aromatic heterocycles. The van der Waals surface area contributed by atoms with Crippen molar-refractivity contribution in [3.05, 3.63) is 0 Å². The van der Waals surface area contributed by atoms with E-state index < -0.39 is 11.9 Å². The molecule has 0 spiro atoms. The number of carboxylic acids is 2. The van der Waals surface area contributed by atoms with Gasteiger partial charge in [0.1, 0.15) is 6.10 Å². The molecule has 7 heteroatoms. The number of aliphatic carboxylic acids is 2. The summed E-state index contributed by atoms with van der Waals surface area (Å²) in [5.74, 6) is -4.01. The maximum Gasteiger partial charge on any atom is 0.442 e. The van der Waals surface area contributed by atoms with Crippen molar-refractivity contribution in [3.63, 3.8) is 0 Å².